The summed E-state index contributed by atoms with van der Waals surface area (Å²) in [7, 11) is 2.11. The quantitative estimate of drug-likeness (QED) is 0.891. The molecule has 0 bridgehead atoms. The standard InChI is InChI=1S/C14H18N4O/c1-14(2,15)13-16-12(17-19-13)10-4-5-11-9(8-10)6-7-18(11)3/h4-5,8H,6-7,15H2,1-3H3. The van der Waals surface area contributed by atoms with Crippen molar-refractivity contribution in [3.63, 3.8) is 0 Å². The van der Waals surface area contributed by atoms with E-state index in [1.807, 2.05) is 19.9 Å². The molecule has 100 valence electrons. The summed E-state index contributed by atoms with van der Waals surface area (Å²) >= 11 is 0. The third-order valence-electron chi connectivity index (χ3n) is 3.44. The number of nitrogens with two attached hydrogens (primary N) is 1. The van der Waals surface area contributed by atoms with Crippen LogP contribution in [0.25, 0.3) is 11.4 Å². The molecule has 1 aliphatic heterocycles. The van der Waals surface area contributed by atoms with Gasteiger partial charge in [-0.2, -0.15) is 4.98 Å². The van der Waals surface area contributed by atoms with Crippen molar-refractivity contribution in [3.8, 4) is 11.4 Å². The van der Waals surface area contributed by atoms with E-state index in [1.165, 1.54) is 11.3 Å². The van der Waals surface area contributed by atoms with Gasteiger partial charge in [0.25, 0.3) is 0 Å². The number of aromatic nitrogens is 2. The van der Waals surface area contributed by atoms with Gasteiger partial charge in [-0.25, -0.2) is 0 Å². The summed E-state index contributed by atoms with van der Waals surface area (Å²) in [5, 5.41) is 4.02. The molecule has 0 unspecified atom stereocenters. The number of benzene rings is 1. The lowest BCUT2D eigenvalue weighted by atomic mass is 10.1. The lowest BCUT2D eigenvalue weighted by Gasteiger charge is -2.11. The molecule has 2 heterocycles. The van der Waals surface area contributed by atoms with E-state index in [0.29, 0.717) is 11.7 Å². The molecule has 0 spiro atoms. The third kappa shape index (κ3) is 2.10. The maximum atomic E-state index is 5.95. The SMILES string of the molecule is CN1CCc2cc(-c3noc(C(C)(C)N)n3)ccc21. The van der Waals surface area contributed by atoms with Crippen LogP contribution in [-0.4, -0.2) is 23.7 Å². The van der Waals surface area contributed by atoms with E-state index in [4.69, 9.17) is 10.3 Å². The maximum Gasteiger partial charge on any atom is 0.246 e. The number of hydrogen-bond acceptors (Lipinski definition) is 5. The minimum absolute atomic E-state index is 0.458. The van der Waals surface area contributed by atoms with Crippen molar-refractivity contribution >= 4 is 5.69 Å². The topological polar surface area (TPSA) is 68.2 Å². The van der Waals surface area contributed by atoms with Gasteiger partial charge < -0.3 is 15.2 Å². The first kappa shape index (κ1) is 12.2. The molecule has 2 N–H and O–H groups in total. The number of fused-ring (bicyclic) bond motifs is 1. The zero-order valence-corrected chi connectivity index (χ0v) is 11.5. The molecule has 0 saturated heterocycles. The van der Waals surface area contributed by atoms with Crippen LogP contribution in [0.15, 0.2) is 22.7 Å². The Morgan fingerprint density at radius 1 is 1.37 bits per heavy atom. The predicted octanol–water partition coefficient (Wildman–Crippen LogP) is 1.92. The fraction of sp³-hybridized carbons (Fsp3) is 0.429. The number of rotatable bonds is 2. The van der Waals surface area contributed by atoms with Gasteiger partial charge in [0, 0.05) is 24.8 Å². The van der Waals surface area contributed by atoms with Crippen LogP contribution in [0.2, 0.25) is 0 Å². The molecule has 5 nitrogen and oxygen atoms in total. The summed E-state index contributed by atoms with van der Waals surface area (Å²) in [6.45, 7) is 4.76. The van der Waals surface area contributed by atoms with Gasteiger partial charge in [0.1, 0.15) is 0 Å². The predicted molar refractivity (Wildman–Crippen MR) is 73.9 cm³/mol. The Hall–Kier alpha value is -1.88. The van der Waals surface area contributed by atoms with Crippen molar-refractivity contribution in [2.75, 3.05) is 18.5 Å². The molecule has 0 aliphatic carbocycles. The fourth-order valence-corrected chi connectivity index (χ4v) is 2.31. The molecule has 1 aromatic heterocycles. The Kier molecular flexibility index (Phi) is 2.60. The molecular weight excluding hydrogens is 240 g/mol. The molecule has 0 radical (unpaired) electrons. The van der Waals surface area contributed by atoms with Gasteiger partial charge >= 0.3 is 0 Å². The second-order valence-corrected chi connectivity index (χ2v) is 5.66. The van der Waals surface area contributed by atoms with Gasteiger partial charge in [-0.1, -0.05) is 5.16 Å². The summed E-state index contributed by atoms with van der Waals surface area (Å²) in [5.41, 5.74) is 8.94. The molecular formula is C14H18N4O. The molecule has 0 atom stereocenters. The van der Waals surface area contributed by atoms with Gasteiger partial charge in [-0.15, -0.1) is 0 Å². The third-order valence-corrected chi connectivity index (χ3v) is 3.44. The van der Waals surface area contributed by atoms with Crippen LogP contribution < -0.4 is 10.6 Å². The molecule has 5 heteroatoms. The molecule has 1 aromatic carbocycles. The van der Waals surface area contributed by atoms with Crippen LogP contribution in [0.4, 0.5) is 5.69 Å². The van der Waals surface area contributed by atoms with Crippen LogP contribution in [0.5, 0.6) is 0 Å². The zero-order chi connectivity index (χ0) is 13.6. The van der Waals surface area contributed by atoms with Gasteiger partial charge in [0.15, 0.2) is 0 Å². The molecule has 0 fully saturated rings. The highest BCUT2D eigenvalue weighted by Gasteiger charge is 2.23. The molecule has 2 aromatic rings. The van der Waals surface area contributed by atoms with E-state index in [2.05, 4.69) is 34.2 Å². The second kappa shape index (κ2) is 4.06. The lowest BCUT2D eigenvalue weighted by Crippen LogP contribution is -2.28. The summed E-state index contributed by atoms with van der Waals surface area (Å²) in [6.07, 6.45) is 1.06. The molecule has 19 heavy (non-hydrogen) atoms. The smallest absolute Gasteiger partial charge is 0.246 e. The summed E-state index contributed by atoms with van der Waals surface area (Å²) in [6, 6.07) is 6.27. The van der Waals surface area contributed by atoms with Gasteiger partial charge in [0.05, 0.1) is 5.54 Å². The number of likely N-dealkylation sites (N-methyl/N-ethyl adjacent to an activating group) is 1. The van der Waals surface area contributed by atoms with E-state index >= 15 is 0 Å². The van der Waals surface area contributed by atoms with Gasteiger partial charge in [0.2, 0.25) is 11.7 Å². The normalized spacial score (nSPS) is 14.8. The Balaban J connectivity index is 1.97. The summed E-state index contributed by atoms with van der Waals surface area (Å²) in [4.78, 5) is 6.63. The van der Waals surface area contributed by atoms with Gasteiger partial charge in [-0.3, -0.25) is 0 Å². The first-order valence-corrected chi connectivity index (χ1v) is 6.42. The van der Waals surface area contributed by atoms with Crippen LogP contribution in [-0.2, 0) is 12.0 Å². The highest BCUT2D eigenvalue weighted by molar-refractivity contribution is 5.66. The van der Waals surface area contributed by atoms with Crippen LogP contribution >= 0.6 is 0 Å². The Bertz CT molecular complexity index is 612. The zero-order valence-electron chi connectivity index (χ0n) is 11.5. The Morgan fingerprint density at radius 3 is 2.84 bits per heavy atom. The Morgan fingerprint density at radius 2 is 2.16 bits per heavy atom. The average Bonchev–Trinajstić information content (AvgIpc) is 2.95. The van der Waals surface area contributed by atoms with E-state index < -0.39 is 5.54 Å². The number of nitrogens with zero attached hydrogens (tertiary/aromatic N) is 3. The van der Waals surface area contributed by atoms with Crippen LogP contribution in [0.3, 0.4) is 0 Å². The van der Waals surface area contributed by atoms with Crippen molar-refractivity contribution in [1.29, 1.82) is 0 Å². The average molecular weight is 258 g/mol. The summed E-state index contributed by atoms with van der Waals surface area (Å²) < 4.78 is 5.23. The first-order valence-electron chi connectivity index (χ1n) is 6.42. The van der Waals surface area contributed by atoms with E-state index in [0.717, 1.165) is 18.5 Å². The van der Waals surface area contributed by atoms with Crippen molar-refractivity contribution in [1.82, 2.24) is 10.1 Å². The van der Waals surface area contributed by atoms with E-state index in [-0.39, 0.29) is 0 Å². The second-order valence-electron chi connectivity index (χ2n) is 5.66. The molecule has 0 amide bonds. The highest BCUT2D eigenvalue weighted by Crippen LogP contribution is 2.30. The summed E-state index contributed by atoms with van der Waals surface area (Å²) in [5.74, 6) is 1.06. The lowest BCUT2D eigenvalue weighted by molar-refractivity contribution is 0.312. The fourth-order valence-electron chi connectivity index (χ4n) is 2.31. The van der Waals surface area contributed by atoms with Crippen molar-refractivity contribution in [2.45, 2.75) is 25.8 Å². The van der Waals surface area contributed by atoms with Crippen molar-refractivity contribution in [3.05, 3.63) is 29.7 Å². The van der Waals surface area contributed by atoms with Crippen LogP contribution in [0.1, 0.15) is 25.3 Å². The minimum atomic E-state index is -0.609. The number of hydrogen-bond donors (Lipinski definition) is 1. The maximum absolute atomic E-state index is 5.95. The van der Waals surface area contributed by atoms with Crippen LogP contribution in [0, 0.1) is 0 Å². The van der Waals surface area contributed by atoms with Crippen molar-refractivity contribution in [2.24, 2.45) is 5.73 Å². The molecule has 0 saturated carbocycles. The number of anilines is 1. The minimum Gasteiger partial charge on any atom is -0.374 e. The largest absolute Gasteiger partial charge is 0.374 e. The van der Waals surface area contributed by atoms with Gasteiger partial charge in [-0.05, 0) is 44.0 Å². The van der Waals surface area contributed by atoms with E-state index in [9.17, 15) is 0 Å². The monoisotopic (exact) mass is 258 g/mol. The molecule has 3 rings (SSSR count). The Labute approximate surface area is 112 Å². The van der Waals surface area contributed by atoms with E-state index in [1.54, 1.807) is 0 Å². The first-order chi connectivity index (χ1) is 8.95. The highest BCUT2D eigenvalue weighted by atomic mass is 16.5. The molecule has 1 aliphatic rings. The van der Waals surface area contributed by atoms with Crippen molar-refractivity contribution < 1.29 is 4.52 Å².